The highest BCUT2D eigenvalue weighted by Gasteiger charge is 2.27. The largest absolute Gasteiger partial charge is 0.352 e. The summed E-state index contributed by atoms with van der Waals surface area (Å²) in [6, 6.07) is 12.4. The van der Waals surface area contributed by atoms with Crippen LogP contribution in [0, 0.1) is 0 Å². The lowest BCUT2D eigenvalue weighted by atomic mass is 10.1. The maximum Gasteiger partial charge on any atom is 0.242 e. The van der Waals surface area contributed by atoms with Crippen LogP contribution in [0.5, 0.6) is 0 Å². The zero-order valence-corrected chi connectivity index (χ0v) is 22.1. The minimum absolute atomic E-state index is 0.0753. The molecule has 2 aromatic rings. The Morgan fingerprint density at radius 3 is 2.24 bits per heavy atom. The van der Waals surface area contributed by atoms with Gasteiger partial charge in [0.05, 0.1) is 14.9 Å². The molecule has 0 radical (unpaired) electrons. The molecular formula is C24H31Cl2N3O4S. The van der Waals surface area contributed by atoms with Crippen LogP contribution in [0.1, 0.15) is 39.2 Å². The number of nitrogens with zero attached hydrogens (tertiary/aromatic N) is 2. The molecule has 0 heterocycles. The molecule has 0 fully saturated rings. The third kappa shape index (κ3) is 7.70. The molecule has 0 saturated carbocycles. The molecule has 0 aliphatic rings. The number of carbonyl (C=O) groups is 2. The Morgan fingerprint density at radius 2 is 1.65 bits per heavy atom. The molecule has 1 N–H and O–H groups in total. The zero-order valence-electron chi connectivity index (χ0n) is 19.8. The van der Waals surface area contributed by atoms with Crippen molar-refractivity contribution in [2.75, 3.05) is 13.6 Å². The molecule has 34 heavy (non-hydrogen) atoms. The second kappa shape index (κ2) is 12.5. The second-order valence-electron chi connectivity index (χ2n) is 8.35. The zero-order chi connectivity index (χ0) is 25.5. The molecular weight excluding hydrogens is 497 g/mol. The Hall–Kier alpha value is -2.13. The van der Waals surface area contributed by atoms with Crippen LogP contribution in [-0.2, 0) is 26.2 Å². The average Bonchev–Trinajstić information content (AvgIpc) is 2.79. The van der Waals surface area contributed by atoms with Gasteiger partial charge in [-0.2, -0.15) is 0 Å². The summed E-state index contributed by atoms with van der Waals surface area (Å²) in [5.74, 6) is -0.532. The molecule has 0 saturated heterocycles. The Bertz CT molecular complexity index is 1090. The number of halogens is 2. The third-order valence-corrected chi connectivity index (χ3v) is 7.86. The van der Waals surface area contributed by atoms with Crippen LogP contribution in [-0.4, -0.2) is 55.1 Å². The van der Waals surface area contributed by atoms with Gasteiger partial charge in [-0.25, -0.2) is 12.7 Å². The lowest BCUT2D eigenvalue weighted by molar-refractivity contribution is -0.140. The van der Waals surface area contributed by atoms with E-state index in [0.717, 1.165) is 5.56 Å². The topological polar surface area (TPSA) is 86.8 Å². The molecule has 0 spiro atoms. The van der Waals surface area contributed by atoms with E-state index in [4.69, 9.17) is 23.2 Å². The molecule has 2 aromatic carbocycles. The van der Waals surface area contributed by atoms with Crippen LogP contribution in [0.4, 0.5) is 0 Å². The van der Waals surface area contributed by atoms with Crippen molar-refractivity contribution in [3.8, 4) is 0 Å². The molecule has 0 aliphatic carbocycles. The van der Waals surface area contributed by atoms with Gasteiger partial charge in [0.15, 0.2) is 0 Å². The summed E-state index contributed by atoms with van der Waals surface area (Å²) in [7, 11) is -2.16. The fourth-order valence-electron chi connectivity index (χ4n) is 3.31. The first-order chi connectivity index (χ1) is 15.9. The third-order valence-electron chi connectivity index (χ3n) is 5.25. The molecule has 1 atom stereocenters. The van der Waals surface area contributed by atoms with Gasteiger partial charge in [-0.15, -0.1) is 0 Å². The van der Waals surface area contributed by atoms with Crippen molar-refractivity contribution in [1.82, 2.24) is 14.5 Å². The quantitative estimate of drug-likeness (QED) is 0.470. The molecule has 2 amide bonds. The fourth-order valence-corrected chi connectivity index (χ4v) is 4.86. The van der Waals surface area contributed by atoms with Gasteiger partial charge in [0, 0.05) is 32.6 Å². The molecule has 7 nitrogen and oxygen atoms in total. The van der Waals surface area contributed by atoms with E-state index >= 15 is 0 Å². The summed E-state index contributed by atoms with van der Waals surface area (Å²) >= 11 is 12.1. The molecule has 0 bridgehead atoms. The van der Waals surface area contributed by atoms with E-state index in [1.165, 1.54) is 28.4 Å². The molecule has 10 heteroatoms. The summed E-state index contributed by atoms with van der Waals surface area (Å²) in [4.78, 5) is 27.5. The number of benzene rings is 2. The van der Waals surface area contributed by atoms with E-state index in [-0.39, 0.29) is 42.3 Å². The smallest absolute Gasteiger partial charge is 0.242 e. The van der Waals surface area contributed by atoms with Gasteiger partial charge in [0.1, 0.15) is 6.04 Å². The molecule has 186 valence electrons. The lowest BCUT2D eigenvalue weighted by Gasteiger charge is -2.30. The van der Waals surface area contributed by atoms with E-state index in [2.05, 4.69) is 5.32 Å². The first kappa shape index (κ1) is 28.1. The van der Waals surface area contributed by atoms with Crippen molar-refractivity contribution in [3.63, 3.8) is 0 Å². The Morgan fingerprint density at radius 1 is 1.00 bits per heavy atom. The number of carbonyl (C=O) groups excluding carboxylic acids is 2. The van der Waals surface area contributed by atoms with Crippen LogP contribution in [0.15, 0.2) is 53.4 Å². The summed E-state index contributed by atoms with van der Waals surface area (Å²) < 4.78 is 26.6. The lowest BCUT2D eigenvalue weighted by Crippen LogP contribution is -2.49. The standard InChI is InChI=1S/C24H31Cl2N3O4S/c1-17(2)27-24(31)18(3)29(16-19-12-13-21(25)22(26)15-19)23(30)11-8-14-28(4)34(32,33)20-9-6-5-7-10-20/h5-7,9-10,12-13,15,17-18H,8,11,14,16H2,1-4H3,(H,27,31)/t18-/m1/s1. The number of sulfonamides is 1. The Labute approximate surface area is 212 Å². The number of rotatable bonds is 11. The first-order valence-corrected chi connectivity index (χ1v) is 13.2. The van der Waals surface area contributed by atoms with Crippen LogP contribution in [0.25, 0.3) is 0 Å². The minimum atomic E-state index is -3.64. The van der Waals surface area contributed by atoms with Gasteiger partial charge in [-0.05, 0) is 57.0 Å². The van der Waals surface area contributed by atoms with E-state index in [1.54, 1.807) is 43.3 Å². The summed E-state index contributed by atoms with van der Waals surface area (Å²) in [6.45, 7) is 5.69. The van der Waals surface area contributed by atoms with Crippen molar-refractivity contribution in [3.05, 3.63) is 64.1 Å². The Kier molecular flexibility index (Phi) is 10.4. The highest BCUT2D eigenvalue weighted by atomic mass is 35.5. The van der Waals surface area contributed by atoms with E-state index < -0.39 is 16.1 Å². The van der Waals surface area contributed by atoms with Crippen LogP contribution < -0.4 is 5.32 Å². The van der Waals surface area contributed by atoms with Crippen molar-refractivity contribution < 1.29 is 18.0 Å². The average molecular weight is 529 g/mol. The first-order valence-electron chi connectivity index (χ1n) is 11.0. The van der Waals surface area contributed by atoms with E-state index in [1.807, 2.05) is 13.8 Å². The second-order valence-corrected chi connectivity index (χ2v) is 11.2. The normalized spacial score (nSPS) is 12.6. The molecule has 2 rings (SSSR count). The predicted octanol–water partition coefficient (Wildman–Crippen LogP) is 4.34. The van der Waals surface area contributed by atoms with Gasteiger partial charge in [-0.3, -0.25) is 9.59 Å². The van der Waals surface area contributed by atoms with Crippen LogP contribution in [0.3, 0.4) is 0 Å². The van der Waals surface area contributed by atoms with Crippen molar-refractivity contribution in [1.29, 1.82) is 0 Å². The van der Waals surface area contributed by atoms with Gasteiger partial charge in [-0.1, -0.05) is 47.5 Å². The Balaban J connectivity index is 2.11. The highest BCUT2D eigenvalue weighted by molar-refractivity contribution is 7.89. The van der Waals surface area contributed by atoms with Gasteiger partial charge >= 0.3 is 0 Å². The van der Waals surface area contributed by atoms with E-state index in [0.29, 0.717) is 16.5 Å². The van der Waals surface area contributed by atoms with Crippen molar-refractivity contribution in [2.45, 2.75) is 57.1 Å². The summed E-state index contributed by atoms with van der Waals surface area (Å²) in [5, 5.41) is 3.59. The van der Waals surface area contributed by atoms with Crippen LogP contribution >= 0.6 is 23.2 Å². The van der Waals surface area contributed by atoms with E-state index in [9.17, 15) is 18.0 Å². The van der Waals surface area contributed by atoms with Crippen molar-refractivity contribution >= 4 is 45.0 Å². The number of hydrogen-bond donors (Lipinski definition) is 1. The fraction of sp³-hybridized carbons (Fsp3) is 0.417. The van der Waals surface area contributed by atoms with Gasteiger partial charge in [0.2, 0.25) is 21.8 Å². The maximum absolute atomic E-state index is 13.2. The summed E-state index contributed by atoms with van der Waals surface area (Å²) in [5.41, 5.74) is 0.732. The molecule has 0 aliphatic heterocycles. The van der Waals surface area contributed by atoms with Gasteiger partial charge in [0.25, 0.3) is 0 Å². The predicted molar refractivity (Wildman–Crippen MR) is 135 cm³/mol. The van der Waals surface area contributed by atoms with Gasteiger partial charge < -0.3 is 10.2 Å². The maximum atomic E-state index is 13.2. The molecule has 0 aromatic heterocycles. The number of hydrogen-bond acceptors (Lipinski definition) is 4. The highest BCUT2D eigenvalue weighted by Crippen LogP contribution is 2.24. The molecule has 0 unspecified atom stereocenters. The monoisotopic (exact) mass is 527 g/mol. The van der Waals surface area contributed by atoms with Crippen LogP contribution in [0.2, 0.25) is 10.0 Å². The number of amides is 2. The minimum Gasteiger partial charge on any atom is -0.352 e. The number of nitrogens with one attached hydrogen (secondary N) is 1. The SMILES string of the molecule is CC(C)NC(=O)[C@@H](C)N(Cc1ccc(Cl)c(Cl)c1)C(=O)CCCN(C)S(=O)(=O)c1ccccc1. The van der Waals surface area contributed by atoms with Crippen molar-refractivity contribution in [2.24, 2.45) is 0 Å². The summed E-state index contributed by atoms with van der Waals surface area (Å²) in [6.07, 6.45) is 0.382.